The first-order chi connectivity index (χ1) is 6.27. The highest BCUT2D eigenvalue weighted by Crippen LogP contribution is 2.14. The molecule has 3 heteroatoms. The Morgan fingerprint density at radius 3 is 2.92 bits per heavy atom. The van der Waals surface area contributed by atoms with Gasteiger partial charge in [-0.25, -0.2) is 4.42 Å². The molecule has 13 heavy (non-hydrogen) atoms. The van der Waals surface area contributed by atoms with Gasteiger partial charge in [-0.15, -0.1) is 0 Å². The van der Waals surface area contributed by atoms with Crippen LogP contribution in [0.5, 0.6) is 0 Å². The molecule has 1 aromatic carbocycles. The Kier molecular flexibility index (Phi) is 1.70. The van der Waals surface area contributed by atoms with Crippen molar-refractivity contribution in [1.29, 1.82) is 0 Å². The van der Waals surface area contributed by atoms with E-state index in [9.17, 15) is 9.90 Å². The molecule has 3 nitrogen and oxygen atoms in total. The summed E-state index contributed by atoms with van der Waals surface area (Å²) < 4.78 is 5.11. The number of aromatic carboxylic acids is 1. The van der Waals surface area contributed by atoms with Crippen molar-refractivity contribution in [3.8, 4) is 0 Å². The molecular weight excluding hydrogens is 168 g/mol. The van der Waals surface area contributed by atoms with Gasteiger partial charge in [0.05, 0.1) is 17.4 Å². The van der Waals surface area contributed by atoms with Crippen LogP contribution in [0.25, 0.3) is 11.0 Å². The number of fused-ring (bicyclic) bond motifs is 1. The minimum absolute atomic E-state index is 0.127. The number of hydrogen-bond donors (Lipinski definition) is 0. The van der Waals surface area contributed by atoms with Crippen LogP contribution in [-0.2, 0) is 0 Å². The lowest BCUT2D eigenvalue weighted by Crippen LogP contribution is -2.21. The number of carbonyl (C=O) groups is 1. The Morgan fingerprint density at radius 2 is 2.15 bits per heavy atom. The van der Waals surface area contributed by atoms with Crippen molar-refractivity contribution in [3.63, 3.8) is 0 Å². The van der Waals surface area contributed by atoms with Crippen LogP contribution >= 0.6 is 0 Å². The number of benzene rings is 1. The highest BCUT2D eigenvalue weighted by molar-refractivity contribution is 5.91. The van der Waals surface area contributed by atoms with Crippen LogP contribution in [0.4, 0.5) is 0 Å². The standard InChI is InChI=1S/C10H6O3/c11-10(12)8-4-3-7-2-1-5-13-9(7)6-8/h1-6H. The molecule has 1 aromatic heterocycles. The van der Waals surface area contributed by atoms with Crippen molar-refractivity contribution in [2.75, 3.05) is 0 Å². The number of carboxylic acids is 1. The van der Waals surface area contributed by atoms with Gasteiger partial charge in [-0.05, 0) is 12.1 Å². The van der Waals surface area contributed by atoms with Gasteiger partial charge in [0.15, 0.2) is 0 Å². The SMILES string of the molecule is O=C([O-])c1ccc2ccc[o+]c2c1. The second-order valence-corrected chi connectivity index (χ2v) is 2.65. The molecule has 0 saturated heterocycles. The van der Waals surface area contributed by atoms with E-state index in [2.05, 4.69) is 0 Å². The van der Waals surface area contributed by atoms with Gasteiger partial charge >= 0.3 is 11.8 Å². The quantitative estimate of drug-likeness (QED) is 0.608. The molecule has 0 bridgehead atoms. The number of hydrogen-bond acceptors (Lipinski definition) is 2. The zero-order valence-corrected chi connectivity index (χ0v) is 6.69. The van der Waals surface area contributed by atoms with Crippen molar-refractivity contribution in [1.82, 2.24) is 0 Å². The second kappa shape index (κ2) is 2.86. The number of rotatable bonds is 1. The third-order valence-electron chi connectivity index (χ3n) is 1.80. The van der Waals surface area contributed by atoms with E-state index in [1.54, 1.807) is 12.1 Å². The fourth-order valence-electron chi connectivity index (χ4n) is 1.16. The Bertz CT molecular complexity index is 462. The molecule has 0 aliphatic rings. The second-order valence-electron chi connectivity index (χ2n) is 2.65. The van der Waals surface area contributed by atoms with Crippen molar-refractivity contribution in [2.24, 2.45) is 0 Å². The lowest BCUT2D eigenvalue weighted by molar-refractivity contribution is -0.255. The number of carboxylic acid groups (broad SMARTS) is 1. The molecule has 0 aliphatic heterocycles. The third kappa shape index (κ3) is 1.36. The van der Waals surface area contributed by atoms with E-state index in [0.717, 1.165) is 5.39 Å². The summed E-state index contributed by atoms with van der Waals surface area (Å²) in [5.41, 5.74) is 0.673. The van der Waals surface area contributed by atoms with Crippen LogP contribution in [0.1, 0.15) is 10.4 Å². The summed E-state index contributed by atoms with van der Waals surface area (Å²) in [7, 11) is 0. The highest BCUT2D eigenvalue weighted by atomic mass is 16.4. The monoisotopic (exact) mass is 174 g/mol. The lowest BCUT2D eigenvalue weighted by Gasteiger charge is -1.98. The van der Waals surface area contributed by atoms with Gasteiger partial charge in [-0.3, -0.25) is 0 Å². The smallest absolute Gasteiger partial charge is 0.360 e. The van der Waals surface area contributed by atoms with Gasteiger partial charge < -0.3 is 9.90 Å². The Balaban J connectivity index is 2.69. The predicted octanol–water partition coefficient (Wildman–Crippen LogP) is 1.08. The van der Waals surface area contributed by atoms with Crippen molar-refractivity contribution < 1.29 is 14.3 Å². The fourth-order valence-corrected chi connectivity index (χ4v) is 1.16. The first-order valence-electron chi connectivity index (χ1n) is 3.79. The summed E-state index contributed by atoms with van der Waals surface area (Å²) in [4.78, 5) is 10.5. The van der Waals surface area contributed by atoms with Crippen molar-refractivity contribution in [3.05, 3.63) is 42.2 Å². The van der Waals surface area contributed by atoms with Crippen LogP contribution in [0.2, 0.25) is 0 Å². The summed E-state index contributed by atoms with van der Waals surface area (Å²) in [6, 6.07) is 8.22. The van der Waals surface area contributed by atoms with E-state index in [0.29, 0.717) is 5.58 Å². The maximum atomic E-state index is 10.5. The Morgan fingerprint density at radius 1 is 1.31 bits per heavy atom. The molecule has 64 valence electrons. The van der Waals surface area contributed by atoms with Gasteiger partial charge in [0.2, 0.25) is 0 Å². The maximum absolute atomic E-state index is 10.5. The van der Waals surface area contributed by atoms with E-state index in [1.165, 1.54) is 18.4 Å². The number of carbonyl (C=O) groups excluding carboxylic acids is 1. The molecule has 0 spiro atoms. The average Bonchev–Trinajstić information content (AvgIpc) is 2.17. The molecule has 1 heterocycles. The maximum Gasteiger partial charge on any atom is 0.360 e. The van der Waals surface area contributed by atoms with Gasteiger partial charge in [0, 0.05) is 11.6 Å². The van der Waals surface area contributed by atoms with E-state index >= 15 is 0 Å². The Hall–Kier alpha value is -1.90. The molecule has 2 rings (SSSR count). The minimum atomic E-state index is -1.19. The molecular formula is C10H6O3. The molecule has 0 amide bonds. The topological polar surface area (TPSA) is 51.4 Å². The predicted molar refractivity (Wildman–Crippen MR) is 45.0 cm³/mol. The van der Waals surface area contributed by atoms with Crippen LogP contribution in [0, 0.1) is 0 Å². The van der Waals surface area contributed by atoms with Gasteiger partial charge in [0.25, 0.3) is 0 Å². The van der Waals surface area contributed by atoms with Crippen LogP contribution in [-0.4, -0.2) is 5.97 Å². The molecule has 0 aliphatic carbocycles. The lowest BCUT2D eigenvalue weighted by atomic mass is 10.1. The summed E-state index contributed by atoms with van der Waals surface area (Å²) in [6.07, 6.45) is 1.50. The largest absolute Gasteiger partial charge is 0.545 e. The van der Waals surface area contributed by atoms with Gasteiger partial charge in [-0.1, -0.05) is 6.07 Å². The third-order valence-corrected chi connectivity index (χ3v) is 1.80. The van der Waals surface area contributed by atoms with Crippen LogP contribution in [0.15, 0.2) is 41.0 Å². The average molecular weight is 174 g/mol. The zero-order chi connectivity index (χ0) is 9.26. The zero-order valence-electron chi connectivity index (χ0n) is 6.69. The van der Waals surface area contributed by atoms with E-state index in [-0.39, 0.29) is 5.56 Å². The summed E-state index contributed by atoms with van der Waals surface area (Å²) in [5, 5.41) is 11.4. The molecule has 0 fully saturated rings. The highest BCUT2D eigenvalue weighted by Gasteiger charge is 2.05. The van der Waals surface area contributed by atoms with Gasteiger partial charge in [0.1, 0.15) is 0 Å². The first-order valence-corrected chi connectivity index (χ1v) is 3.79. The van der Waals surface area contributed by atoms with Crippen molar-refractivity contribution in [2.45, 2.75) is 0 Å². The van der Waals surface area contributed by atoms with Crippen LogP contribution in [0.3, 0.4) is 0 Å². The summed E-state index contributed by atoms with van der Waals surface area (Å²) in [6.45, 7) is 0. The molecule has 0 unspecified atom stereocenters. The molecule has 0 saturated carbocycles. The Labute approximate surface area is 74.2 Å². The van der Waals surface area contributed by atoms with E-state index in [4.69, 9.17) is 4.42 Å². The molecule has 2 aromatic rings. The summed E-state index contributed by atoms with van der Waals surface area (Å²) in [5.74, 6) is -1.19. The molecule has 0 radical (unpaired) electrons. The first kappa shape index (κ1) is 7.73. The molecule has 0 N–H and O–H groups in total. The minimum Gasteiger partial charge on any atom is -0.545 e. The van der Waals surface area contributed by atoms with Gasteiger partial charge in [-0.2, -0.15) is 0 Å². The summed E-state index contributed by atoms with van der Waals surface area (Å²) >= 11 is 0. The normalized spacial score (nSPS) is 10.2. The fraction of sp³-hybridized carbons (Fsp3) is 0. The van der Waals surface area contributed by atoms with E-state index < -0.39 is 5.97 Å². The molecule has 0 atom stereocenters. The van der Waals surface area contributed by atoms with Crippen LogP contribution < -0.4 is 5.11 Å². The van der Waals surface area contributed by atoms with Crippen molar-refractivity contribution >= 4 is 16.9 Å². The van der Waals surface area contributed by atoms with E-state index in [1.807, 2.05) is 6.07 Å².